The summed E-state index contributed by atoms with van der Waals surface area (Å²) in [5.74, 6) is -0.370. The molecule has 24 heavy (non-hydrogen) atoms. The zero-order valence-electron chi connectivity index (χ0n) is 13.5. The van der Waals surface area contributed by atoms with Crippen molar-refractivity contribution in [2.24, 2.45) is 0 Å². The van der Waals surface area contributed by atoms with E-state index < -0.39 is 0 Å². The molecule has 0 spiro atoms. The standard InChI is InChI=1S/C18H19ClN2O3/c1-12(22)21-16-8-6-13(7-9-16)18(23)20-11-17(24-2)14-4-3-5-15(19)10-14/h3-10,17H,11H2,1-2H3,(H,20,23)(H,21,22)/t17-/m0/s1. The van der Waals surface area contributed by atoms with Crippen LogP contribution in [-0.2, 0) is 9.53 Å². The summed E-state index contributed by atoms with van der Waals surface area (Å²) in [7, 11) is 1.58. The molecule has 1 atom stereocenters. The van der Waals surface area contributed by atoms with Gasteiger partial charge in [0.15, 0.2) is 0 Å². The monoisotopic (exact) mass is 346 g/mol. The van der Waals surface area contributed by atoms with Gasteiger partial charge in [-0.2, -0.15) is 0 Å². The van der Waals surface area contributed by atoms with Crippen LogP contribution in [0.2, 0.25) is 5.02 Å². The first-order valence-electron chi connectivity index (χ1n) is 7.43. The van der Waals surface area contributed by atoms with Gasteiger partial charge >= 0.3 is 0 Å². The molecule has 2 N–H and O–H groups in total. The summed E-state index contributed by atoms with van der Waals surface area (Å²) in [5, 5.41) is 6.11. The van der Waals surface area contributed by atoms with Crippen molar-refractivity contribution in [3.05, 3.63) is 64.7 Å². The smallest absolute Gasteiger partial charge is 0.251 e. The van der Waals surface area contributed by atoms with E-state index in [1.165, 1.54) is 6.92 Å². The van der Waals surface area contributed by atoms with Crippen molar-refractivity contribution < 1.29 is 14.3 Å². The van der Waals surface area contributed by atoms with Gasteiger partial charge in [0, 0.05) is 36.9 Å². The molecule has 0 saturated heterocycles. The van der Waals surface area contributed by atoms with Crippen LogP contribution < -0.4 is 10.6 Å². The van der Waals surface area contributed by atoms with Crippen LogP contribution in [0.15, 0.2) is 48.5 Å². The lowest BCUT2D eigenvalue weighted by Crippen LogP contribution is -2.29. The maximum absolute atomic E-state index is 12.2. The zero-order chi connectivity index (χ0) is 17.5. The number of benzene rings is 2. The molecular formula is C18H19ClN2O3. The molecule has 6 heteroatoms. The van der Waals surface area contributed by atoms with E-state index in [0.29, 0.717) is 22.8 Å². The number of hydrogen-bond donors (Lipinski definition) is 2. The molecule has 0 unspecified atom stereocenters. The molecule has 0 heterocycles. The molecular weight excluding hydrogens is 328 g/mol. The van der Waals surface area contributed by atoms with Crippen molar-refractivity contribution in [3.63, 3.8) is 0 Å². The van der Waals surface area contributed by atoms with Gasteiger partial charge in [-0.15, -0.1) is 0 Å². The van der Waals surface area contributed by atoms with Crippen LogP contribution in [0.25, 0.3) is 0 Å². The molecule has 0 radical (unpaired) electrons. The molecule has 2 amide bonds. The zero-order valence-corrected chi connectivity index (χ0v) is 14.3. The quantitative estimate of drug-likeness (QED) is 0.842. The highest BCUT2D eigenvalue weighted by molar-refractivity contribution is 6.30. The number of hydrogen-bond acceptors (Lipinski definition) is 3. The summed E-state index contributed by atoms with van der Waals surface area (Å²) in [6.07, 6.45) is -0.286. The van der Waals surface area contributed by atoms with Crippen LogP contribution >= 0.6 is 11.6 Å². The Hall–Kier alpha value is -2.37. The van der Waals surface area contributed by atoms with E-state index in [2.05, 4.69) is 10.6 Å². The predicted octanol–water partition coefficient (Wildman–Crippen LogP) is 3.42. The minimum absolute atomic E-state index is 0.156. The molecule has 0 aliphatic rings. The minimum Gasteiger partial charge on any atom is -0.375 e. The molecule has 0 aliphatic heterocycles. The minimum atomic E-state index is -0.286. The van der Waals surface area contributed by atoms with Gasteiger partial charge in [0.25, 0.3) is 5.91 Å². The number of nitrogens with one attached hydrogen (secondary N) is 2. The number of anilines is 1. The number of carbonyl (C=O) groups is 2. The van der Waals surface area contributed by atoms with Gasteiger partial charge in [0.05, 0.1) is 6.10 Å². The van der Waals surface area contributed by atoms with Crippen molar-refractivity contribution in [2.75, 3.05) is 19.0 Å². The first-order valence-corrected chi connectivity index (χ1v) is 7.81. The molecule has 0 bridgehead atoms. The summed E-state index contributed by atoms with van der Waals surface area (Å²) in [6, 6.07) is 14.0. The molecule has 5 nitrogen and oxygen atoms in total. The Labute approximate surface area is 146 Å². The number of methoxy groups -OCH3 is 1. The lowest BCUT2D eigenvalue weighted by molar-refractivity contribution is -0.114. The average Bonchev–Trinajstić information content (AvgIpc) is 2.55. The normalized spacial score (nSPS) is 11.6. The van der Waals surface area contributed by atoms with Crippen LogP contribution in [0.4, 0.5) is 5.69 Å². The Bertz CT molecular complexity index is 716. The Morgan fingerprint density at radius 1 is 1.17 bits per heavy atom. The van der Waals surface area contributed by atoms with E-state index in [1.54, 1.807) is 37.4 Å². The van der Waals surface area contributed by atoms with Crippen LogP contribution in [0, 0.1) is 0 Å². The third-order valence-electron chi connectivity index (χ3n) is 3.42. The highest BCUT2D eigenvalue weighted by Gasteiger charge is 2.13. The average molecular weight is 347 g/mol. The Morgan fingerprint density at radius 2 is 1.88 bits per heavy atom. The third-order valence-corrected chi connectivity index (χ3v) is 3.66. The van der Waals surface area contributed by atoms with Crippen LogP contribution in [0.5, 0.6) is 0 Å². The van der Waals surface area contributed by atoms with Crippen molar-refractivity contribution in [3.8, 4) is 0 Å². The maximum Gasteiger partial charge on any atom is 0.251 e. The highest BCUT2D eigenvalue weighted by atomic mass is 35.5. The lowest BCUT2D eigenvalue weighted by atomic mass is 10.1. The van der Waals surface area contributed by atoms with E-state index in [4.69, 9.17) is 16.3 Å². The van der Waals surface area contributed by atoms with E-state index in [9.17, 15) is 9.59 Å². The second-order valence-electron chi connectivity index (χ2n) is 5.25. The van der Waals surface area contributed by atoms with Crippen LogP contribution in [-0.4, -0.2) is 25.5 Å². The maximum atomic E-state index is 12.2. The number of halogens is 1. The summed E-state index contributed by atoms with van der Waals surface area (Å²) in [5.41, 5.74) is 2.05. The fraction of sp³-hybridized carbons (Fsp3) is 0.222. The molecule has 2 aromatic rings. The predicted molar refractivity (Wildman–Crippen MR) is 94.3 cm³/mol. The first kappa shape index (κ1) is 18.0. The van der Waals surface area contributed by atoms with Gasteiger partial charge in [-0.05, 0) is 42.0 Å². The topological polar surface area (TPSA) is 67.4 Å². The fourth-order valence-electron chi connectivity index (χ4n) is 2.24. The number of amides is 2. The van der Waals surface area contributed by atoms with Gasteiger partial charge in [-0.25, -0.2) is 0 Å². The largest absolute Gasteiger partial charge is 0.375 e. The number of rotatable bonds is 6. The Balaban J connectivity index is 1.97. The Morgan fingerprint density at radius 3 is 2.46 bits per heavy atom. The molecule has 0 fully saturated rings. The van der Waals surface area contributed by atoms with Gasteiger partial charge in [0.1, 0.15) is 0 Å². The summed E-state index contributed by atoms with van der Waals surface area (Å²) in [4.78, 5) is 23.2. The molecule has 2 aromatic carbocycles. The highest BCUT2D eigenvalue weighted by Crippen LogP contribution is 2.20. The van der Waals surface area contributed by atoms with E-state index in [-0.39, 0.29) is 17.9 Å². The van der Waals surface area contributed by atoms with Crippen LogP contribution in [0.3, 0.4) is 0 Å². The van der Waals surface area contributed by atoms with Crippen LogP contribution in [0.1, 0.15) is 28.9 Å². The van der Waals surface area contributed by atoms with Gasteiger partial charge in [0.2, 0.25) is 5.91 Å². The van der Waals surface area contributed by atoms with Gasteiger partial charge < -0.3 is 15.4 Å². The van der Waals surface area contributed by atoms with E-state index in [1.807, 2.05) is 18.2 Å². The molecule has 126 valence electrons. The summed E-state index contributed by atoms with van der Waals surface area (Å²) >= 11 is 5.98. The second-order valence-corrected chi connectivity index (χ2v) is 5.68. The Kier molecular flexibility index (Phi) is 6.35. The van der Waals surface area contributed by atoms with Gasteiger partial charge in [-0.1, -0.05) is 23.7 Å². The molecule has 0 aromatic heterocycles. The van der Waals surface area contributed by atoms with Crippen molar-refractivity contribution in [2.45, 2.75) is 13.0 Å². The van der Waals surface area contributed by atoms with E-state index in [0.717, 1.165) is 5.56 Å². The van der Waals surface area contributed by atoms with Gasteiger partial charge in [-0.3, -0.25) is 9.59 Å². The molecule has 0 saturated carbocycles. The molecule has 2 rings (SSSR count). The fourth-order valence-corrected chi connectivity index (χ4v) is 2.44. The third kappa shape index (κ3) is 5.08. The number of carbonyl (C=O) groups excluding carboxylic acids is 2. The number of ether oxygens (including phenoxy) is 1. The van der Waals surface area contributed by atoms with Crippen molar-refractivity contribution in [1.82, 2.24) is 5.32 Å². The lowest BCUT2D eigenvalue weighted by Gasteiger charge is -2.17. The van der Waals surface area contributed by atoms with Crippen molar-refractivity contribution >= 4 is 29.1 Å². The molecule has 0 aliphatic carbocycles. The summed E-state index contributed by atoms with van der Waals surface area (Å²) in [6.45, 7) is 1.75. The second kappa shape index (κ2) is 8.47. The SMILES string of the molecule is CO[C@@H](CNC(=O)c1ccc(NC(C)=O)cc1)c1cccc(Cl)c1. The van der Waals surface area contributed by atoms with E-state index >= 15 is 0 Å². The van der Waals surface area contributed by atoms with Crippen molar-refractivity contribution in [1.29, 1.82) is 0 Å². The first-order chi connectivity index (χ1) is 11.5. The summed E-state index contributed by atoms with van der Waals surface area (Å²) < 4.78 is 5.42.